The molecule has 2 N–H and O–H groups in total. The van der Waals surface area contributed by atoms with Crippen molar-refractivity contribution >= 4 is 39.8 Å². The van der Waals surface area contributed by atoms with Gasteiger partial charge in [0.05, 0.1) is 16.2 Å². The number of non-ortho nitro benzene ring substituents is 1. The van der Waals surface area contributed by atoms with Gasteiger partial charge in [-0.15, -0.1) is 10.2 Å². The number of anilines is 1. The number of thioether (sulfide) groups is 1. The van der Waals surface area contributed by atoms with Crippen LogP contribution in [0.2, 0.25) is 0 Å². The Kier molecular flexibility index (Phi) is 6.33. The maximum Gasteiger partial charge on any atom is 0.269 e. The van der Waals surface area contributed by atoms with E-state index in [-0.39, 0.29) is 23.1 Å². The highest BCUT2D eigenvalue weighted by Gasteiger charge is 2.20. The number of nitro benzene ring substituents is 1. The number of nitrogens with one attached hydrogen (secondary N) is 1. The van der Waals surface area contributed by atoms with Gasteiger partial charge in [0.2, 0.25) is 5.91 Å². The van der Waals surface area contributed by atoms with Crippen LogP contribution in [-0.4, -0.2) is 36.5 Å². The number of phenolic OH excluding ortho intramolecular Hbond substituents is 1. The average molecular weight is 498 g/mol. The van der Waals surface area contributed by atoms with Gasteiger partial charge in [0.25, 0.3) is 5.69 Å². The summed E-state index contributed by atoms with van der Waals surface area (Å²) in [6.45, 7) is 0. The van der Waals surface area contributed by atoms with E-state index in [4.69, 9.17) is 0 Å². The van der Waals surface area contributed by atoms with Crippen molar-refractivity contribution in [2.75, 3.05) is 11.1 Å². The van der Waals surface area contributed by atoms with Gasteiger partial charge in [0.1, 0.15) is 5.75 Å². The first-order valence-corrected chi connectivity index (χ1v) is 11.9. The third-order valence-electron chi connectivity index (χ3n) is 5.45. The van der Waals surface area contributed by atoms with Gasteiger partial charge in [-0.05, 0) is 47.2 Å². The summed E-state index contributed by atoms with van der Waals surface area (Å²) >= 11 is 1.19. The second-order valence-corrected chi connectivity index (χ2v) is 8.78. The molecule has 5 aromatic rings. The normalized spacial score (nSPS) is 10.9. The fourth-order valence-electron chi connectivity index (χ4n) is 3.75. The quantitative estimate of drug-likeness (QED) is 0.174. The Balaban J connectivity index is 1.43. The van der Waals surface area contributed by atoms with E-state index >= 15 is 0 Å². The maximum absolute atomic E-state index is 12.6. The molecule has 36 heavy (non-hydrogen) atoms. The van der Waals surface area contributed by atoms with E-state index in [0.717, 1.165) is 16.5 Å². The van der Waals surface area contributed by atoms with Crippen molar-refractivity contribution < 1.29 is 14.8 Å². The number of nitrogens with zero attached hydrogens (tertiary/aromatic N) is 4. The molecule has 178 valence electrons. The number of para-hydroxylation sites is 1. The number of hydrogen-bond donors (Lipinski definition) is 2. The summed E-state index contributed by atoms with van der Waals surface area (Å²) in [6.07, 6.45) is 0. The minimum Gasteiger partial charge on any atom is -0.507 e. The zero-order valence-electron chi connectivity index (χ0n) is 18.7. The lowest BCUT2D eigenvalue weighted by Gasteiger charge is -2.12. The van der Waals surface area contributed by atoms with Crippen LogP contribution in [0.15, 0.2) is 96.2 Å². The molecule has 0 aliphatic carbocycles. The average Bonchev–Trinajstić information content (AvgIpc) is 3.31. The highest BCUT2D eigenvalue weighted by atomic mass is 32.2. The van der Waals surface area contributed by atoms with Crippen LogP contribution < -0.4 is 5.32 Å². The molecular weight excluding hydrogens is 478 g/mol. The SMILES string of the molecule is O=C(CSc1nnc(-c2cc3ccccc3cc2O)n1-c1ccccc1)Nc1ccc([N+](=O)[O-])cc1. The monoisotopic (exact) mass is 497 g/mol. The molecule has 0 aliphatic heterocycles. The summed E-state index contributed by atoms with van der Waals surface area (Å²) in [5.74, 6) is 0.256. The molecule has 0 spiro atoms. The number of hydrogen-bond acceptors (Lipinski definition) is 7. The highest BCUT2D eigenvalue weighted by Crippen LogP contribution is 2.35. The third kappa shape index (κ3) is 4.75. The summed E-state index contributed by atoms with van der Waals surface area (Å²) in [7, 11) is 0. The van der Waals surface area contributed by atoms with Crippen LogP contribution in [0, 0.1) is 10.1 Å². The van der Waals surface area contributed by atoms with E-state index in [1.807, 2.05) is 60.7 Å². The lowest BCUT2D eigenvalue weighted by atomic mass is 10.1. The molecule has 4 aromatic carbocycles. The number of carbonyl (C=O) groups excluding carboxylic acids is 1. The van der Waals surface area contributed by atoms with Gasteiger partial charge in [-0.25, -0.2) is 0 Å². The van der Waals surface area contributed by atoms with E-state index in [0.29, 0.717) is 22.2 Å². The topological polar surface area (TPSA) is 123 Å². The molecule has 0 radical (unpaired) electrons. The van der Waals surface area contributed by atoms with Gasteiger partial charge >= 0.3 is 0 Å². The van der Waals surface area contributed by atoms with Crippen LogP contribution in [0.3, 0.4) is 0 Å². The molecule has 5 rings (SSSR count). The van der Waals surface area contributed by atoms with Gasteiger partial charge in [0.15, 0.2) is 11.0 Å². The maximum atomic E-state index is 12.6. The van der Waals surface area contributed by atoms with E-state index in [2.05, 4.69) is 15.5 Å². The summed E-state index contributed by atoms with van der Waals surface area (Å²) < 4.78 is 1.80. The number of aromatic nitrogens is 3. The molecule has 0 aliphatic rings. The standard InChI is InChI=1S/C26H19N5O4S/c32-23-15-18-7-5-4-6-17(18)14-22(23)25-28-29-26(30(25)20-8-2-1-3-9-20)36-16-24(33)27-19-10-12-21(13-11-19)31(34)35/h1-15,32H,16H2,(H,27,33). The molecule has 9 nitrogen and oxygen atoms in total. The zero-order chi connectivity index (χ0) is 25.1. The largest absolute Gasteiger partial charge is 0.507 e. The van der Waals surface area contributed by atoms with E-state index in [9.17, 15) is 20.0 Å². The first-order chi connectivity index (χ1) is 17.5. The summed E-state index contributed by atoms with van der Waals surface area (Å²) in [5, 5.41) is 35.3. The van der Waals surface area contributed by atoms with Crippen LogP contribution in [0.4, 0.5) is 11.4 Å². The number of fused-ring (bicyclic) bond motifs is 1. The molecule has 0 atom stereocenters. The predicted molar refractivity (Wildman–Crippen MR) is 138 cm³/mol. The number of rotatable bonds is 7. The predicted octanol–water partition coefficient (Wildman–Crippen LogP) is 5.43. The Morgan fingerprint density at radius 3 is 2.31 bits per heavy atom. The summed E-state index contributed by atoms with van der Waals surface area (Å²) in [6, 6.07) is 26.3. The number of benzene rings is 4. The van der Waals surface area contributed by atoms with Gasteiger partial charge in [0, 0.05) is 23.5 Å². The van der Waals surface area contributed by atoms with Crippen LogP contribution >= 0.6 is 11.8 Å². The first kappa shape index (κ1) is 23.1. The molecule has 0 saturated carbocycles. The number of phenols is 1. The fourth-order valence-corrected chi connectivity index (χ4v) is 4.50. The fraction of sp³-hybridized carbons (Fsp3) is 0.0385. The second-order valence-electron chi connectivity index (χ2n) is 7.83. The van der Waals surface area contributed by atoms with E-state index in [1.54, 1.807) is 10.6 Å². The molecule has 1 amide bonds. The van der Waals surface area contributed by atoms with Crippen molar-refractivity contribution in [1.82, 2.24) is 14.8 Å². The molecule has 0 fully saturated rings. The number of carbonyl (C=O) groups is 1. The molecule has 1 heterocycles. The first-order valence-electron chi connectivity index (χ1n) is 10.9. The summed E-state index contributed by atoms with van der Waals surface area (Å²) in [4.78, 5) is 22.9. The van der Waals surface area contributed by atoms with E-state index in [1.165, 1.54) is 36.0 Å². The Labute approximate surface area is 209 Å². The van der Waals surface area contributed by atoms with Gasteiger partial charge in [-0.3, -0.25) is 19.5 Å². The van der Waals surface area contributed by atoms with Crippen LogP contribution in [0.5, 0.6) is 5.75 Å². The van der Waals surface area contributed by atoms with Crippen molar-refractivity contribution in [3.63, 3.8) is 0 Å². The molecular formula is C26H19N5O4S. The molecule has 1 aromatic heterocycles. The molecule has 0 bridgehead atoms. The van der Waals surface area contributed by atoms with Crippen molar-refractivity contribution in [2.24, 2.45) is 0 Å². The van der Waals surface area contributed by atoms with Gasteiger partial charge in [-0.1, -0.05) is 54.2 Å². The highest BCUT2D eigenvalue weighted by molar-refractivity contribution is 7.99. The Morgan fingerprint density at radius 1 is 0.944 bits per heavy atom. The Morgan fingerprint density at radius 2 is 1.61 bits per heavy atom. The number of amides is 1. The molecule has 0 saturated heterocycles. The molecule has 0 unspecified atom stereocenters. The van der Waals surface area contributed by atoms with Gasteiger partial charge < -0.3 is 10.4 Å². The van der Waals surface area contributed by atoms with Crippen molar-refractivity contribution in [3.05, 3.63) is 101 Å². The van der Waals surface area contributed by atoms with Crippen molar-refractivity contribution in [2.45, 2.75) is 5.16 Å². The second kappa shape index (κ2) is 9.88. The lowest BCUT2D eigenvalue weighted by molar-refractivity contribution is -0.384. The summed E-state index contributed by atoms with van der Waals surface area (Å²) in [5.41, 5.74) is 1.70. The Hall–Kier alpha value is -4.70. The van der Waals surface area contributed by atoms with Crippen LogP contribution in [-0.2, 0) is 4.79 Å². The third-order valence-corrected chi connectivity index (χ3v) is 6.38. The minimum atomic E-state index is -0.497. The van der Waals surface area contributed by atoms with E-state index < -0.39 is 4.92 Å². The van der Waals surface area contributed by atoms with Crippen LogP contribution in [0.25, 0.3) is 27.8 Å². The van der Waals surface area contributed by atoms with Crippen LogP contribution in [0.1, 0.15) is 0 Å². The number of aromatic hydroxyl groups is 1. The van der Waals surface area contributed by atoms with Crippen molar-refractivity contribution in [3.8, 4) is 22.8 Å². The Bertz CT molecular complexity index is 1570. The zero-order valence-corrected chi connectivity index (χ0v) is 19.6. The van der Waals surface area contributed by atoms with Crippen molar-refractivity contribution in [1.29, 1.82) is 0 Å². The number of nitro groups is 1. The lowest BCUT2D eigenvalue weighted by Crippen LogP contribution is -2.14. The van der Waals surface area contributed by atoms with Gasteiger partial charge in [-0.2, -0.15) is 0 Å². The smallest absolute Gasteiger partial charge is 0.269 e. The molecule has 10 heteroatoms. The minimum absolute atomic E-state index is 0.0334.